The fourth-order valence-electron chi connectivity index (χ4n) is 1.60. The van der Waals surface area contributed by atoms with E-state index in [4.69, 9.17) is 0 Å². The lowest BCUT2D eigenvalue weighted by Gasteiger charge is -2.10. The Bertz CT molecular complexity index is 697. The molecule has 0 unspecified atom stereocenters. The Morgan fingerprint density at radius 3 is 2.39 bits per heavy atom. The second-order valence-corrected chi connectivity index (χ2v) is 6.88. The molecule has 1 rings (SSSR count). The molecule has 126 valence electrons. The molecule has 23 heavy (non-hydrogen) atoms. The van der Waals surface area contributed by atoms with Crippen LogP contribution in [-0.4, -0.2) is 50.9 Å². The molecular weight excluding hydrogens is 342 g/mol. The van der Waals surface area contributed by atoms with Crippen molar-refractivity contribution in [1.82, 2.24) is 5.32 Å². The zero-order valence-corrected chi connectivity index (χ0v) is 14.2. The van der Waals surface area contributed by atoms with Gasteiger partial charge in [0.1, 0.15) is 5.76 Å². The molecule has 0 spiro atoms. The lowest BCUT2D eigenvalue weighted by atomic mass is 10.1. The van der Waals surface area contributed by atoms with Gasteiger partial charge >= 0.3 is 10.1 Å². The average Bonchev–Trinajstić information content (AvgIpc) is 2.55. The van der Waals surface area contributed by atoms with Gasteiger partial charge in [-0.3, -0.25) is 13.8 Å². The van der Waals surface area contributed by atoms with E-state index in [0.717, 1.165) is 7.11 Å². The molecular formula is C14H17NO6S2. The first-order valence-corrected chi connectivity index (χ1v) is 9.26. The van der Waals surface area contributed by atoms with Crippen LogP contribution in [0.4, 0.5) is 0 Å². The van der Waals surface area contributed by atoms with E-state index in [-0.39, 0.29) is 12.1 Å². The molecule has 0 saturated heterocycles. The smallest absolute Gasteiger partial charge is 0.304 e. The maximum atomic E-state index is 12.2. The first-order valence-electron chi connectivity index (χ1n) is 6.46. The van der Waals surface area contributed by atoms with Gasteiger partial charge in [0.25, 0.3) is 11.7 Å². The van der Waals surface area contributed by atoms with Crippen LogP contribution in [0.25, 0.3) is 5.76 Å². The molecule has 1 aromatic carbocycles. The maximum absolute atomic E-state index is 12.2. The van der Waals surface area contributed by atoms with Crippen molar-refractivity contribution in [2.45, 2.75) is 0 Å². The van der Waals surface area contributed by atoms with Gasteiger partial charge in [-0.25, -0.2) is 0 Å². The Balaban J connectivity index is 3.27. The van der Waals surface area contributed by atoms with Crippen molar-refractivity contribution in [2.75, 3.05) is 25.7 Å². The largest absolute Gasteiger partial charge is 0.506 e. The highest BCUT2D eigenvalue weighted by atomic mass is 32.2. The molecule has 1 aromatic rings. The van der Waals surface area contributed by atoms with Crippen LogP contribution in [0, 0.1) is 0 Å². The number of thioether (sulfide) groups is 1. The minimum Gasteiger partial charge on any atom is -0.506 e. The third-order valence-corrected chi connectivity index (χ3v) is 4.67. The van der Waals surface area contributed by atoms with Crippen LogP contribution in [0.2, 0.25) is 0 Å². The summed E-state index contributed by atoms with van der Waals surface area (Å²) < 4.78 is 28.2. The summed E-state index contributed by atoms with van der Waals surface area (Å²) in [7, 11) is -3.73. The zero-order chi connectivity index (χ0) is 17.5. The number of aliphatic hydroxyl groups excluding tert-OH is 1. The molecule has 0 aliphatic carbocycles. The van der Waals surface area contributed by atoms with Gasteiger partial charge < -0.3 is 10.4 Å². The second-order valence-electron chi connectivity index (χ2n) is 4.24. The van der Waals surface area contributed by atoms with E-state index in [0.29, 0.717) is 5.75 Å². The van der Waals surface area contributed by atoms with E-state index in [1.165, 1.54) is 23.9 Å². The van der Waals surface area contributed by atoms with Gasteiger partial charge in [0.05, 0.1) is 7.11 Å². The number of amides is 1. The van der Waals surface area contributed by atoms with Crippen molar-refractivity contribution in [3.63, 3.8) is 0 Å². The Hall–Kier alpha value is -1.84. The summed E-state index contributed by atoms with van der Waals surface area (Å²) in [5.74, 6) is -2.79. The number of carbonyl (C=O) groups is 2. The van der Waals surface area contributed by atoms with Crippen molar-refractivity contribution < 1.29 is 27.3 Å². The fourth-order valence-corrected chi connectivity index (χ4v) is 2.75. The van der Waals surface area contributed by atoms with E-state index in [2.05, 4.69) is 9.50 Å². The summed E-state index contributed by atoms with van der Waals surface area (Å²) in [5.41, 5.74) is 0.0772. The SMILES string of the molecule is COS(=O)(=O)/C(C(=O)C(=O)NCCSC)=C(\O)c1ccccc1. The highest BCUT2D eigenvalue weighted by Crippen LogP contribution is 2.22. The second kappa shape index (κ2) is 8.70. The third kappa shape index (κ3) is 5.08. The number of aliphatic hydroxyl groups is 1. The standard InChI is InChI=1S/C14H17NO6S2/c1-21-23(19,20)13(11(16)10-6-4-3-5-7-10)12(17)14(18)15-8-9-22-2/h3-7,16H,8-9H2,1-2H3,(H,15,18)/b13-11-. The molecule has 0 atom stereocenters. The van der Waals surface area contributed by atoms with Gasteiger partial charge in [0.15, 0.2) is 4.91 Å². The number of hydrogen-bond donors (Lipinski definition) is 2. The maximum Gasteiger partial charge on any atom is 0.304 e. The van der Waals surface area contributed by atoms with Gasteiger partial charge in [-0.15, -0.1) is 0 Å². The zero-order valence-electron chi connectivity index (χ0n) is 12.6. The van der Waals surface area contributed by atoms with Crippen molar-refractivity contribution in [2.24, 2.45) is 0 Å². The minimum absolute atomic E-state index is 0.0772. The van der Waals surface area contributed by atoms with E-state index in [9.17, 15) is 23.1 Å². The Kier molecular flexibility index (Phi) is 7.27. The molecule has 0 aliphatic rings. The molecule has 0 heterocycles. The predicted molar refractivity (Wildman–Crippen MR) is 88.3 cm³/mol. The van der Waals surface area contributed by atoms with Crippen LogP contribution in [-0.2, 0) is 23.9 Å². The normalized spacial score (nSPS) is 12.4. The molecule has 0 aliphatic heterocycles. The van der Waals surface area contributed by atoms with Gasteiger partial charge in [-0.1, -0.05) is 30.3 Å². The van der Waals surface area contributed by atoms with Crippen LogP contribution in [0.1, 0.15) is 5.56 Å². The first-order chi connectivity index (χ1) is 10.8. The number of hydrogen-bond acceptors (Lipinski definition) is 7. The van der Waals surface area contributed by atoms with Crippen molar-refractivity contribution >= 4 is 39.3 Å². The summed E-state index contributed by atoms with van der Waals surface area (Å²) in [6.07, 6.45) is 1.82. The molecule has 0 saturated carbocycles. The third-order valence-electron chi connectivity index (χ3n) is 2.74. The highest BCUT2D eigenvalue weighted by Gasteiger charge is 2.34. The van der Waals surface area contributed by atoms with Crippen LogP contribution >= 0.6 is 11.8 Å². The highest BCUT2D eigenvalue weighted by molar-refractivity contribution is 7.98. The van der Waals surface area contributed by atoms with Crippen molar-refractivity contribution in [3.05, 3.63) is 40.8 Å². The lowest BCUT2D eigenvalue weighted by Crippen LogP contribution is -2.35. The molecule has 0 radical (unpaired) electrons. The molecule has 1 amide bonds. The number of nitrogens with one attached hydrogen (secondary N) is 1. The number of ketones is 1. The summed E-state index contributed by atoms with van der Waals surface area (Å²) >= 11 is 1.45. The summed E-state index contributed by atoms with van der Waals surface area (Å²) in [6, 6.07) is 7.55. The average molecular weight is 359 g/mol. The molecule has 2 N–H and O–H groups in total. The van der Waals surface area contributed by atoms with Crippen LogP contribution < -0.4 is 5.32 Å². The van der Waals surface area contributed by atoms with Crippen LogP contribution in [0.3, 0.4) is 0 Å². The quantitative estimate of drug-likeness (QED) is 0.234. The minimum atomic E-state index is -4.57. The van der Waals surface area contributed by atoms with Gasteiger partial charge in [0.2, 0.25) is 0 Å². The number of carbonyl (C=O) groups excluding carboxylic acids is 2. The topological polar surface area (TPSA) is 110 Å². The Morgan fingerprint density at radius 2 is 1.87 bits per heavy atom. The Morgan fingerprint density at radius 1 is 1.26 bits per heavy atom. The lowest BCUT2D eigenvalue weighted by molar-refractivity contribution is -0.135. The van der Waals surface area contributed by atoms with E-state index >= 15 is 0 Å². The number of rotatable bonds is 8. The van der Waals surface area contributed by atoms with Gasteiger partial charge in [-0.2, -0.15) is 20.2 Å². The number of benzene rings is 1. The molecule has 7 nitrogen and oxygen atoms in total. The number of Topliss-reactive ketones (excluding diaryl/α,β-unsaturated/α-hetero) is 1. The van der Waals surface area contributed by atoms with E-state index < -0.39 is 32.5 Å². The van der Waals surface area contributed by atoms with Gasteiger partial charge in [-0.05, 0) is 6.26 Å². The predicted octanol–water partition coefficient (Wildman–Crippen LogP) is 0.938. The summed E-state index contributed by atoms with van der Waals surface area (Å²) in [4.78, 5) is 22.9. The molecule has 0 aromatic heterocycles. The van der Waals surface area contributed by atoms with Crippen LogP contribution in [0.5, 0.6) is 0 Å². The molecule has 0 fully saturated rings. The Labute approximate surface area is 138 Å². The van der Waals surface area contributed by atoms with Crippen molar-refractivity contribution in [1.29, 1.82) is 0 Å². The van der Waals surface area contributed by atoms with E-state index in [1.807, 2.05) is 6.26 Å². The van der Waals surface area contributed by atoms with E-state index in [1.54, 1.807) is 18.2 Å². The van der Waals surface area contributed by atoms with Gasteiger partial charge in [0, 0.05) is 17.9 Å². The van der Waals surface area contributed by atoms with Crippen LogP contribution in [0.15, 0.2) is 35.2 Å². The summed E-state index contributed by atoms with van der Waals surface area (Å²) in [5, 5.41) is 12.4. The molecule has 0 bridgehead atoms. The fraction of sp³-hybridized carbons (Fsp3) is 0.286. The van der Waals surface area contributed by atoms with Crippen molar-refractivity contribution in [3.8, 4) is 0 Å². The first kappa shape index (κ1) is 19.2. The molecule has 9 heteroatoms. The monoisotopic (exact) mass is 359 g/mol. The summed E-state index contributed by atoms with van der Waals surface area (Å²) in [6.45, 7) is 0.193.